The molecule has 0 aliphatic carbocycles. The van der Waals surface area contributed by atoms with Gasteiger partial charge in [-0.25, -0.2) is 0 Å². The number of benzene rings is 1. The summed E-state index contributed by atoms with van der Waals surface area (Å²) < 4.78 is 5.45. The number of ether oxygens (including phenoxy) is 1. The number of hydrogen-bond donors (Lipinski definition) is 0. The van der Waals surface area contributed by atoms with Crippen molar-refractivity contribution >= 4 is 11.6 Å². The standard InChI is InChI=1S/C13H17NO2/c1-13(2,3)9-5-6-10-11(7-9)16-8-12(15)14(10)4/h5-7H,8H2,1-4H3. The van der Waals surface area contributed by atoms with Crippen LogP contribution in [0.25, 0.3) is 0 Å². The number of rotatable bonds is 0. The third-order valence-electron chi connectivity index (χ3n) is 2.91. The Morgan fingerprint density at radius 3 is 2.62 bits per heavy atom. The van der Waals surface area contributed by atoms with Gasteiger partial charge in [-0.05, 0) is 23.1 Å². The molecule has 1 aliphatic heterocycles. The van der Waals surface area contributed by atoms with E-state index in [1.165, 1.54) is 5.56 Å². The van der Waals surface area contributed by atoms with Crippen molar-refractivity contribution in [3.05, 3.63) is 23.8 Å². The number of carbonyl (C=O) groups is 1. The first-order chi connectivity index (χ1) is 7.39. The predicted molar refractivity (Wildman–Crippen MR) is 64.0 cm³/mol. The Morgan fingerprint density at radius 2 is 2.00 bits per heavy atom. The predicted octanol–water partition coefficient (Wildman–Crippen LogP) is 2.34. The Bertz CT molecular complexity index is 432. The molecule has 0 aromatic heterocycles. The average Bonchev–Trinajstić information content (AvgIpc) is 2.22. The summed E-state index contributed by atoms with van der Waals surface area (Å²) in [5, 5.41) is 0. The molecular formula is C13H17NO2. The van der Waals surface area contributed by atoms with Crippen LogP contribution < -0.4 is 9.64 Å². The normalized spacial score (nSPS) is 15.8. The smallest absolute Gasteiger partial charge is 0.264 e. The Hall–Kier alpha value is -1.51. The monoisotopic (exact) mass is 219 g/mol. The van der Waals surface area contributed by atoms with Crippen LogP contribution in [0.1, 0.15) is 26.3 Å². The first-order valence-electron chi connectivity index (χ1n) is 5.43. The summed E-state index contributed by atoms with van der Waals surface area (Å²) in [5.41, 5.74) is 2.16. The fourth-order valence-electron chi connectivity index (χ4n) is 1.74. The van der Waals surface area contributed by atoms with Crippen molar-refractivity contribution in [1.82, 2.24) is 0 Å². The molecule has 0 unspecified atom stereocenters. The van der Waals surface area contributed by atoms with Gasteiger partial charge in [-0.15, -0.1) is 0 Å². The van der Waals surface area contributed by atoms with E-state index in [4.69, 9.17) is 4.74 Å². The van der Waals surface area contributed by atoms with Gasteiger partial charge in [-0.2, -0.15) is 0 Å². The summed E-state index contributed by atoms with van der Waals surface area (Å²) in [4.78, 5) is 13.1. The highest BCUT2D eigenvalue weighted by atomic mass is 16.5. The van der Waals surface area contributed by atoms with Gasteiger partial charge in [0.1, 0.15) is 5.75 Å². The van der Waals surface area contributed by atoms with Gasteiger partial charge in [0.25, 0.3) is 5.91 Å². The number of carbonyl (C=O) groups excluding carboxylic acids is 1. The van der Waals surface area contributed by atoms with Gasteiger partial charge < -0.3 is 9.64 Å². The van der Waals surface area contributed by atoms with Crippen LogP contribution in [-0.4, -0.2) is 19.6 Å². The first kappa shape index (κ1) is 11.0. The van der Waals surface area contributed by atoms with Crippen LogP contribution in [0.15, 0.2) is 18.2 Å². The van der Waals surface area contributed by atoms with E-state index in [1.54, 1.807) is 11.9 Å². The van der Waals surface area contributed by atoms with Crippen LogP contribution in [0.3, 0.4) is 0 Å². The van der Waals surface area contributed by atoms with Gasteiger partial charge in [-0.1, -0.05) is 26.8 Å². The highest BCUT2D eigenvalue weighted by Crippen LogP contribution is 2.35. The Kier molecular flexibility index (Phi) is 2.41. The molecule has 1 aromatic carbocycles. The lowest BCUT2D eigenvalue weighted by Crippen LogP contribution is -2.35. The van der Waals surface area contributed by atoms with Crippen molar-refractivity contribution in [1.29, 1.82) is 0 Å². The van der Waals surface area contributed by atoms with Crippen LogP contribution >= 0.6 is 0 Å². The van der Waals surface area contributed by atoms with Crippen molar-refractivity contribution in [3.63, 3.8) is 0 Å². The number of anilines is 1. The Balaban J connectivity index is 2.45. The number of hydrogen-bond acceptors (Lipinski definition) is 2. The van der Waals surface area contributed by atoms with E-state index in [-0.39, 0.29) is 17.9 Å². The Morgan fingerprint density at radius 1 is 1.31 bits per heavy atom. The second-order valence-corrected chi connectivity index (χ2v) is 5.17. The summed E-state index contributed by atoms with van der Waals surface area (Å²) >= 11 is 0. The lowest BCUT2D eigenvalue weighted by atomic mass is 9.86. The summed E-state index contributed by atoms with van der Waals surface area (Å²) in [6, 6.07) is 6.03. The van der Waals surface area contributed by atoms with Gasteiger partial charge in [0.2, 0.25) is 0 Å². The fourth-order valence-corrected chi connectivity index (χ4v) is 1.74. The third-order valence-corrected chi connectivity index (χ3v) is 2.91. The molecule has 0 saturated heterocycles. The van der Waals surface area contributed by atoms with E-state index in [0.717, 1.165) is 11.4 Å². The molecular weight excluding hydrogens is 202 g/mol. The maximum atomic E-state index is 11.4. The number of nitrogens with zero attached hydrogens (tertiary/aromatic N) is 1. The summed E-state index contributed by atoms with van der Waals surface area (Å²) in [6.07, 6.45) is 0. The van der Waals surface area contributed by atoms with Crippen molar-refractivity contribution < 1.29 is 9.53 Å². The molecule has 0 fully saturated rings. The number of likely N-dealkylation sites (N-methyl/N-ethyl adjacent to an activating group) is 1. The largest absolute Gasteiger partial charge is 0.482 e. The van der Waals surface area contributed by atoms with Crippen LogP contribution in [0.4, 0.5) is 5.69 Å². The molecule has 1 aliphatic rings. The minimum Gasteiger partial charge on any atom is -0.482 e. The molecule has 1 amide bonds. The summed E-state index contributed by atoms with van der Waals surface area (Å²) in [6.45, 7) is 6.61. The van der Waals surface area contributed by atoms with Crippen LogP contribution in [0.5, 0.6) is 5.75 Å². The van der Waals surface area contributed by atoms with Crippen LogP contribution in [0, 0.1) is 0 Å². The SMILES string of the molecule is CN1C(=O)COc2cc(C(C)(C)C)ccc21. The zero-order valence-electron chi connectivity index (χ0n) is 10.2. The molecule has 0 atom stereocenters. The number of amides is 1. The average molecular weight is 219 g/mol. The van der Waals surface area contributed by atoms with E-state index in [2.05, 4.69) is 26.8 Å². The molecule has 1 aromatic rings. The molecule has 0 radical (unpaired) electrons. The molecule has 0 N–H and O–H groups in total. The van der Waals surface area contributed by atoms with Crippen molar-refractivity contribution in [3.8, 4) is 5.75 Å². The highest BCUT2D eigenvalue weighted by molar-refractivity contribution is 5.97. The zero-order valence-corrected chi connectivity index (χ0v) is 10.2. The Labute approximate surface area is 96.0 Å². The molecule has 86 valence electrons. The van der Waals surface area contributed by atoms with Crippen LogP contribution in [0.2, 0.25) is 0 Å². The quantitative estimate of drug-likeness (QED) is 0.670. The van der Waals surface area contributed by atoms with Gasteiger partial charge >= 0.3 is 0 Å². The maximum Gasteiger partial charge on any atom is 0.264 e. The van der Waals surface area contributed by atoms with E-state index in [1.807, 2.05) is 12.1 Å². The molecule has 0 saturated carbocycles. The van der Waals surface area contributed by atoms with Crippen molar-refractivity contribution in [2.24, 2.45) is 0 Å². The molecule has 3 nitrogen and oxygen atoms in total. The van der Waals surface area contributed by atoms with Crippen molar-refractivity contribution in [2.45, 2.75) is 26.2 Å². The lowest BCUT2D eigenvalue weighted by molar-refractivity contribution is -0.120. The first-order valence-corrected chi connectivity index (χ1v) is 5.43. The van der Waals surface area contributed by atoms with Gasteiger partial charge in [-0.3, -0.25) is 4.79 Å². The molecule has 0 spiro atoms. The summed E-state index contributed by atoms with van der Waals surface area (Å²) in [5.74, 6) is 0.797. The zero-order chi connectivity index (χ0) is 11.9. The fraction of sp³-hybridized carbons (Fsp3) is 0.462. The molecule has 2 rings (SSSR count). The molecule has 0 bridgehead atoms. The van der Waals surface area contributed by atoms with Gasteiger partial charge in [0.05, 0.1) is 5.69 Å². The molecule has 1 heterocycles. The summed E-state index contributed by atoms with van der Waals surface area (Å²) in [7, 11) is 1.78. The van der Waals surface area contributed by atoms with E-state index >= 15 is 0 Å². The van der Waals surface area contributed by atoms with Gasteiger partial charge in [0.15, 0.2) is 6.61 Å². The van der Waals surface area contributed by atoms with E-state index < -0.39 is 0 Å². The third kappa shape index (κ3) is 1.77. The van der Waals surface area contributed by atoms with Crippen LogP contribution in [-0.2, 0) is 10.2 Å². The minimum absolute atomic E-state index is 0.00370. The second-order valence-electron chi connectivity index (χ2n) is 5.17. The molecule has 3 heteroatoms. The number of fused-ring (bicyclic) bond motifs is 1. The topological polar surface area (TPSA) is 29.5 Å². The molecule has 16 heavy (non-hydrogen) atoms. The highest BCUT2D eigenvalue weighted by Gasteiger charge is 2.24. The second kappa shape index (κ2) is 3.51. The maximum absolute atomic E-state index is 11.4. The lowest BCUT2D eigenvalue weighted by Gasteiger charge is -2.28. The van der Waals surface area contributed by atoms with Gasteiger partial charge in [0, 0.05) is 7.05 Å². The van der Waals surface area contributed by atoms with E-state index in [9.17, 15) is 4.79 Å². The minimum atomic E-state index is -0.00370. The van der Waals surface area contributed by atoms with Crippen molar-refractivity contribution in [2.75, 3.05) is 18.6 Å². The van der Waals surface area contributed by atoms with E-state index in [0.29, 0.717) is 0 Å².